The van der Waals surface area contributed by atoms with Crippen molar-refractivity contribution in [2.24, 2.45) is 7.05 Å². The molecule has 32 heavy (non-hydrogen) atoms. The van der Waals surface area contributed by atoms with Crippen molar-refractivity contribution >= 4 is 21.9 Å². The molecule has 160 valence electrons. The third kappa shape index (κ3) is 3.22. The highest BCUT2D eigenvalue weighted by molar-refractivity contribution is 6.13. The van der Waals surface area contributed by atoms with E-state index in [0.717, 1.165) is 55.4 Å². The van der Waals surface area contributed by atoms with Gasteiger partial charge in [0, 0.05) is 32.1 Å². The molecule has 5 aromatic rings. The van der Waals surface area contributed by atoms with Gasteiger partial charge in [0.2, 0.25) is 5.69 Å². The Morgan fingerprint density at radius 1 is 0.844 bits per heavy atom. The lowest BCUT2D eigenvalue weighted by Crippen LogP contribution is -2.33. The average Bonchev–Trinajstić information content (AvgIpc) is 3.17. The first-order valence-corrected chi connectivity index (χ1v) is 11.0. The molecule has 0 radical (unpaired) electrons. The Balaban J connectivity index is 1.85. The lowest BCUT2D eigenvalue weighted by Gasteiger charge is -2.21. The summed E-state index contributed by atoms with van der Waals surface area (Å²) in [4.78, 5) is 0. The maximum atomic E-state index is 8.12. The third-order valence-corrected chi connectivity index (χ3v) is 6.30. The number of rotatable bonds is 2. The van der Waals surface area contributed by atoms with Gasteiger partial charge in [-0.15, -0.1) is 0 Å². The molecule has 2 nitrogen and oxygen atoms in total. The molecule has 0 aliphatic heterocycles. The van der Waals surface area contributed by atoms with Gasteiger partial charge in [0.05, 0.1) is 5.56 Å². The largest absolute Gasteiger partial charge is 0.454 e. The summed E-state index contributed by atoms with van der Waals surface area (Å²) < 4.78 is 32.9. The number of aromatic nitrogens is 1. The zero-order chi connectivity index (χ0) is 25.1. The highest BCUT2D eigenvalue weighted by atomic mass is 16.3. The summed E-state index contributed by atoms with van der Waals surface area (Å²) in [5, 5.41) is 2.12. The zero-order valence-electron chi connectivity index (χ0n) is 22.3. The molecule has 0 saturated heterocycles. The highest BCUT2D eigenvalue weighted by Crippen LogP contribution is 2.41. The fourth-order valence-corrected chi connectivity index (χ4v) is 4.64. The minimum Gasteiger partial charge on any atom is -0.454 e. The van der Waals surface area contributed by atoms with Crippen molar-refractivity contribution in [3.8, 4) is 22.4 Å². The molecule has 0 atom stereocenters. The van der Waals surface area contributed by atoms with Crippen LogP contribution in [0.25, 0.3) is 44.3 Å². The molecule has 0 N–H and O–H groups in total. The molecule has 0 aliphatic carbocycles. The van der Waals surface area contributed by atoms with E-state index in [9.17, 15) is 0 Å². The molecule has 0 unspecified atom stereocenters. The topological polar surface area (TPSA) is 17.0 Å². The lowest BCUT2D eigenvalue weighted by atomic mass is 9.83. The van der Waals surface area contributed by atoms with Crippen LogP contribution in [0.5, 0.6) is 0 Å². The summed E-state index contributed by atoms with van der Waals surface area (Å²) in [6.07, 6.45) is 1.76. The Morgan fingerprint density at radius 3 is 2.31 bits per heavy atom. The normalized spacial score (nSPS) is 13.8. The molecule has 0 fully saturated rings. The maximum absolute atomic E-state index is 8.12. The van der Waals surface area contributed by atoms with Crippen molar-refractivity contribution in [2.75, 3.05) is 0 Å². The molecule has 0 spiro atoms. The number of pyridine rings is 1. The second kappa shape index (κ2) is 7.34. The number of fused-ring (bicyclic) bond motifs is 3. The lowest BCUT2D eigenvalue weighted by molar-refractivity contribution is -0.660. The summed E-state index contributed by atoms with van der Waals surface area (Å²) >= 11 is 0. The van der Waals surface area contributed by atoms with Gasteiger partial charge >= 0.3 is 0 Å². The molecule has 0 aliphatic rings. The van der Waals surface area contributed by atoms with E-state index in [1.807, 2.05) is 35.9 Å². The number of benzene rings is 3. The van der Waals surface area contributed by atoms with E-state index in [4.69, 9.17) is 8.53 Å². The van der Waals surface area contributed by atoms with E-state index in [2.05, 4.69) is 70.2 Å². The summed E-state index contributed by atoms with van der Waals surface area (Å²) in [5.41, 5.74) is 7.73. The average molecular weight is 424 g/mol. The van der Waals surface area contributed by atoms with Crippen molar-refractivity contribution in [1.29, 1.82) is 0 Å². The van der Waals surface area contributed by atoms with E-state index in [0.29, 0.717) is 5.56 Å². The van der Waals surface area contributed by atoms with Crippen LogP contribution in [0.4, 0.5) is 0 Å². The molecule has 0 bridgehead atoms. The molecule has 3 aromatic carbocycles. The standard InChI is InChI=1S/C30H30NO/c1-19-15-16-24-23-14-10-13-22(21-11-8-7-9-12-21)28(23)32-29(24)27(19)26-17-25(30(3,4)5)20(2)18-31(26)6/h7-18H,1-6H3/q+1/i2D3. The Kier molecular flexibility index (Phi) is 3.94. The number of hydrogen-bond donors (Lipinski definition) is 0. The Morgan fingerprint density at radius 2 is 1.59 bits per heavy atom. The molecule has 0 amide bonds. The second-order valence-corrected chi connectivity index (χ2v) is 9.63. The van der Waals surface area contributed by atoms with Crippen LogP contribution in [-0.4, -0.2) is 0 Å². The van der Waals surface area contributed by atoms with Gasteiger partial charge in [0.1, 0.15) is 18.2 Å². The summed E-state index contributed by atoms with van der Waals surface area (Å²) in [5.74, 6) is 0. The van der Waals surface area contributed by atoms with E-state index < -0.39 is 6.85 Å². The summed E-state index contributed by atoms with van der Waals surface area (Å²) in [6.45, 7) is 6.06. The number of hydrogen-bond acceptors (Lipinski definition) is 1. The maximum Gasteiger partial charge on any atom is 0.216 e. The summed E-state index contributed by atoms with van der Waals surface area (Å²) in [7, 11) is 1.91. The van der Waals surface area contributed by atoms with Crippen LogP contribution in [0.15, 0.2) is 77.3 Å². The Bertz CT molecular complexity index is 1570. The Labute approximate surface area is 194 Å². The minimum atomic E-state index is -2.19. The van der Waals surface area contributed by atoms with Crippen LogP contribution in [0.1, 0.15) is 41.6 Å². The van der Waals surface area contributed by atoms with Gasteiger partial charge in [-0.3, -0.25) is 0 Å². The molecular weight excluding hydrogens is 390 g/mol. The fraction of sp³-hybridized carbons (Fsp3) is 0.233. The second-order valence-electron chi connectivity index (χ2n) is 9.63. The molecule has 0 saturated carbocycles. The van der Waals surface area contributed by atoms with Crippen LogP contribution >= 0.6 is 0 Å². The first kappa shape index (κ1) is 17.2. The van der Waals surface area contributed by atoms with E-state index in [1.165, 1.54) is 0 Å². The van der Waals surface area contributed by atoms with Gasteiger partial charge in [0.25, 0.3) is 0 Å². The van der Waals surface area contributed by atoms with Gasteiger partial charge in [-0.1, -0.05) is 81.4 Å². The van der Waals surface area contributed by atoms with E-state index >= 15 is 0 Å². The molecule has 2 heterocycles. The van der Waals surface area contributed by atoms with E-state index in [-0.39, 0.29) is 5.41 Å². The summed E-state index contributed by atoms with van der Waals surface area (Å²) in [6, 6.07) is 22.8. The van der Waals surface area contributed by atoms with Gasteiger partial charge in [0.15, 0.2) is 6.20 Å². The zero-order valence-corrected chi connectivity index (χ0v) is 19.3. The Hall–Kier alpha value is -3.39. The highest BCUT2D eigenvalue weighted by Gasteiger charge is 2.26. The molecular formula is C30H30NO+. The van der Waals surface area contributed by atoms with Gasteiger partial charge < -0.3 is 4.42 Å². The van der Waals surface area contributed by atoms with E-state index in [1.54, 1.807) is 6.20 Å². The monoisotopic (exact) mass is 423 g/mol. The van der Waals surface area contributed by atoms with Crippen molar-refractivity contribution < 1.29 is 13.1 Å². The van der Waals surface area contributed by atoms with Gasteiger partial charge in [-0.05, 0) is 35.9 Å². The number of furan rings is 1. The number of aryl methyl sites for hydroxylation is 3. The van der Waals surface area contributed by atoms with Crippen LogP contribution in [0.3, 0.4) is 0 Å². The van der Waals surface area contributed by atoms with Crippen LogP contribution in [-0.2, 0) is 12.5 Å². The van der Waals surface area contributed by atoms with Crippen molar-refractivity contribution in [2.45, 2.75) is 40.0 Å². The van der Waals surface area contributed by atoms with Crippen LogP contribution in [0.2, 0.25) is 0 Å². The predicted molar refractivity (Wildman–Crippen MR) is 134 cm³/mol. The van der Waals surface area contributed by atoms with Crippen molar-refractivity contribution in [3.05, 3.63) is 89.6 Å². The number of para-hydroxylation sites is 1. The first-order chi connectivity index (χ1) is 16.5. The van der Waals surface area contributed by atoms with Crippen molar-refractivity contribution in [3.63, 3.8) is 0 Å². The minimum absolute atomic E-state index is 0.330. The number of nitrogens with zero attached hydrogens (tertiary/aromatic N) is 1. The SMILES string of the molecule is [2H]C([2H])([2H])c1c[n+](C)c(-c2c(C)ccc3c2oc2c(-c4ccccc4)cccc23)cc1C(C)(C)C. The molecule has 2 aromatic heterocycles. The van der Waals surface area contributed by atoms with Crippen molar-refractivity contribution in [1.82, 2.24) is 0 Å². The van der Waals surface area contributed by atoms with Crippen LogP contribution in [0, 0.1) is 13.8 Å². The van der Waals surface area contributed by atoms with Gasteiger partial charge in [-0.2, -0.15) is 0 Å². The quantitative estimate of drug-likeness (QED) is 0.266. The molecule has 2 heteroatoms. The fourth-order valence-electron chi connectivity index (χ4n) is 4.64. The smallest absolute Gasteiger partial charge is 0.216 e. The molecule has 5 rings (SSSR count). The predicted octanol–water partition coefficient (Wildman–Crippen LogP) is 7.66. The van der Waals surface area contributed by atoms with Crippen LogP contribution < -0.4 is 4.57 Å². The third-order valence-electron chi connectivity index (χ3n) is 6.30. The first-order valence-electron chi connectivity index (χ1n) is 12.5. The van der Waals surface area contributed by atoms with Gasteiger partial charge in [-0.25, -0.2) is 4.57 Å².